The summed E-state index contributed by atoms with van der Waals surface area (Å²) in [5, 5.41) is 12.2. The Hall–Kier alpha value is -4.67. The van der Waals surface area contributed by atoms with Crippen molar-refractivity contribution in [2.75, 3.05) is 37.3 Å². The molecule has 11 heteroatoms. The molecule has 47 heavy (non-hydrogen) atoms. The fourth-order valence-corrected chi connectivity index (χ4v) is 3.95. The van der Waals surface area contributed by atoms with E-state index in [1.807, 2.05) is 26.8 Å². The minimum Gasteiger partial charge on any atom is -0.444 e. The second-order valence-electron chi connectivity index (χ2n) is 11.5. The summed E-state index contributed by atoms with van der Waals surface area (Å²) in [6.45, 7) is 18.0. The molecule has 0 spiro atoms. The average molecular weight is 653 g/mol. The zero-order chi connectivity index (χ0) is 35.4. The number of amides is 3. The molecule has 0 bridgehead atoms. The topological polar surface area (TPSA) is 125 Å². The summed E-state index contributed by atoms with van der Waals surface area (Å²) in [6, 6.07) is 1.76. The smallest absolute Gasteiger partial charge is 0.410 e. The van der Waals surface area contributed by atoms with Crippen molar-refractivity contribution < 1.29 is 23.5 Å². The van der Waals surface area contributed by atoms with Gasteiger partial charge in [0.05, 0.1) is 11.3 Å². The maximum Gasteiger partial charge on any atom is 0.410 e. The lowest BCUT2D eigenvalue weighted by molar-refractivity contribution is -0.120. The number of ether oxygens (including phenoxy) is 1. The average Bonchev–Trinajstić information content (AvgIpc) is 3.23. The molecule has 1 aliphatic carbocycles. The van der Waals surface area contributed by atoms with Gasteiger partial charge in [-0.05, 0) is 70.8 Å². The van der Waals surface area contributed by atoms with E-state index in [1.54, 1.807) is 65.1 Å². The zero-order valence-corrected chi connectivity index (χ0v) is 29.3. The molecule has 0 aliphatic heterocycles. The molecular formula is C36H53FN6O4. The van der Waals surface area contributed by atoms with E-state index >= 15 is 0 Å². The predicted octanol–water partition coefficient (Wildman–Crippen LogP) is 7.55. The van der Waals surface area contributed by atoms with E-state index in [1.165, 1.54) is 23.2 Å². The van der Waals surface area contributed by atoms with Crippen molar-refractivity contribution >= 4 is 29.4 Å². The van der Waals surface area contributed by atoms with Gasteiger partial charge in [-0.1, -0.05) is 45.1 Å². The van der Waals surface area contributed by atoms with E-state index in [0.29, 0.717) is 54.4 Å². The Morgan fingerprint density at radius 1 is 1.17 bits per heavy atom. The van der Waals surface area contributed by atoms with Crippen LogP contribution in [0.1, 0.15) is 84.5 Å². The molecule has 3 amide bonds. The molecule has 258 valence electrons. The lowest BCUT2D eigenvalue weighted by Gasteiger charge is -2.24. The lowest BCUT2D eigenvalue weighted by atomic mass is 10.1. The van der Waals surface area contributed by atoms with Crippen LogP contribution in [0.3, 0.4) is 0 Å². The van der Waals surface area contributed by atoms with Crippen LogP contribution in [0.15, 0.2) is 84.2 Å². The lowest BCUT2D eigenvalue weighted by Crippen LogP contribution is -2.36. The second-order valence-corrected chi connectivity index (χ2v) is 11.5. The van der Waals surface area contributed by atoms with Gasteiger partial charge < -0.3 is 30.9 Å². The Balaban J connectivity index is 0.00000541. The number of hydrogen-bond donors (Lipinski definition) is 4. The van der Waals surface area contributed by atoms with Crippen LogP contribution < -0.4 is 21.3 Å². The van der Waals surface area contributed by atoms with Gasteiger partial charge >= 0.3 is 6.09 Å². The number of hydrogen-bond acceptors (Lipinski definition) is 7. The van der Waals surface area contributed by atoms with Gasteiger partial charge in [0.1, 0.15) is 17.2 Å². The molecule has 4 N–H and O–H groups in total. The normalized spacial score (nSPS) is 13.1. The Morgan fingerprint density at radius 3 is 2.55 bits per heavy atom. The summed E-state index contributed by atoms with van der Waals surface area (Å²) in [4.78, 5) is 43.9. The van der Waals surface area contributed by atoms with Crippen LogP contribution in [-0.2, 0) is 9.53 Å². The highest BCUT2D eigenvalue weighted by atomic mass is 19.1. The maximum atomic E-state index is 13.8. The van der Waals surface area contributed by atoms with Gasteiger partial charge in [0, 0.05) is 56.8 Å². The highest BCUT2D eigenvalue weighted by Gasteiger charge is 2.20. The van der Waals surface area contributed by atoms with Gasteiger partial charge in [-0.2, -0.15) is 0 Å². The van der Waals surface area contributed by atoms with Crippen molar-refractivity contribution in [1.82, 2.24) is 20.5 Å². The van der Waals surface area contributed by atoms with E-state index in [0.717, 1.165) is 12.0 Å². The van der Waals surface area contributed by atoms with E-state index in [-0.39, 0.29) is 30.6 Å². The van der Waals surface area contributed by atoms with Crippen LogP contribution in [-0.4, -0.2) is 60.1 Å². The highest BCUT2D eigenvalue weighted by molar-refractivity contribution is 6.00. The second kappa shape index (κ2) is 21.2. The fourth-order valence-electron chi connectivity index (χ4n) is 3.95. The summed E-state index contributed by atoms with van der Waals surface area (Å²) >= 11 is 0. The van der Waals surface area contributed by atoms with Crippen molar-refractivity contribution in [1.29, 1.82) is 0 Å². The van der Waals surface area contributed by atoms with Gasteiger partial charge in [0.15, 0.2) is 0 Å². The molecule has 10 nitrogen and oxygen atoms in total. The number of aromatic nitrogens is 1. The molecule has 1 aromatic heterocycles. The van der Waals surface area contributed by atoms with Crippen molar-refractivity contribution in [3.63, 3.8) is 0 Å². The van der Waals surface area contributed by atoms with Gasteiger partial charge in [0.25, 0.3) is 5.91 Å². The summed E-state index contributed by atoms with van der Waals surface area (Å²) < 4.78 is 19.1. The molecule has 1 aromatic rings. The van der Waals surface area contributed by atoms with Gasteiger partial charge in [0.2, 0.25) is 5.91 Å². The standard InChI is InChI=1S/C34H47FN6O4.C2H6/c1-8-10-15-27(19-24(3)39-31(42)16-18-41(7)33(44)45-34(4,5)6)40-32(43)28-23-38-30(21-29(28)36-17-9-2)37-22-25-13-11-12-14-26(35)20-25;1-2/h8,11-12,14-15,19-21,23H,1,9-10,13,16-18,22H2,2-7H3,(H,39,42)(H,40,43)(H2,36,37,38);1-2H3/b24-19+,27-15+;. The molecule has 0 radical (unpaired) electrons. The van der Waals surface area contributed by atoms with Crippen LogP contribution >= 0.6 is 0 Å². The maximum absolute atomic E-state index is 13.8. The summed E-state index contributed by atoms with van der Waals surface area (Å²) in [5.41, 5.74) is 2.15. The molecular weight excluding hydrogens is 599 g/mol. The number of carbonyl (C=O) groups is 3. The minimum absolute atomic E-state index is 0.0666. The number of nitrogens with zero attached hydrogens (tertiary/aromatic N) is 2. The van der Waals surface area contributed by atoms with E-state index in [4.69, 9.17) is 4.74 Å². The number of allylic oxidation sites excluding steroid dienone is 9. The molecule has 0 fully saturated rings. The largest absolute Gasteiger partial charge is 0.444 e. The molecule has 0 unspecified atom stereocenters. The number of nitrogens with one attached hydrogen (secondary N) is 4. The fraction of sp³-hybridized carbons (Fsp3) is 0.444. The van der Waals surface area contributed by atoms with E-state index < -0.39 is 11.7 Å². The molecule has 0 saturated carbocycles. The van der Waals surface area contributed by atoms with Crippen LogP contribution in [0.2, 0.25) is 0 Å². The Kier molecular flexibility index (Phi) is 18.2. The van der Waals surface area contributed by atoms with Crippen LogP contribution in [0.25, 0.3) is 0 Å². The molecule has 2 rings (SSSR count). The zero-order valence-electron chi connectivity index (χ0n) is 29.3. The monoisotopic (exact) mass is 652 g/mol. The van der Waals surface area contributed by atoms with E-state index in [9.17, 15) is 18.8 Å². The molecule has 0 atom stereocenters. The third-order valence-corrected chi connectivity index (χ3v) is 6.17. The number of rotatable bonds is 15. The Bertz CT molecular complexity index is 1370. The van der Waals surface area contributed by atoms with Crippen LogP contribution in [0.4, 0.5) is 20.7 Å². The van der Waals surface area contributed by atoms with Crippen LogP contribution in [0, 0.1) is 0 Å². The van der Waals surface area contributed by atoms with Crippen molar-refractivity contribution in [2.45, 2.75) is 79.8 Å². The molecule has 1 heterocycles. The summed E-state index contributed by atoms with van der Waals surface area (Å²) in [5.74, 6) is -0.440. The first-order valence-electron chi connectivity index (χ1n) is 16.1. The summed E-state index contributed by atoms with van der Waals surface area (Å²) in [7, 11) is 1.57. The first-order valence-corrected chi connectivity index (χ1v) is 16.1. The van der Waals surface area contributed by atoms with Gasteiger partial charge in [-0.25, -0.2) is 14.2 Å². The van der Waals surface area contributed by atoms with E-state index in [2.05, 4.69) is 32.8 Å². The molecule has 0 saturated heterocycles. The first kappa shape index (κ1) is 40.4. The Labute approximate surface area is 280 Å². The minimum atomic E-state index is -0.628. The Morgan fingerprint density at radius 2 is 1.89 bits per heavy atom. The molecule has 0 aromatic carbocycles. The first-order chi connectivity index (χ1) is 22.3. The quantitative estimate of drug-likeness (QED) is 0.114. The number of anilines is 2. The number of carbonyl (C=O) groups excluding carboxylic acids is 3. The highest BCUT2D eigenvalue weighted by Crippen LogP contribution is 2.21. The number of halogens is 1. The van der Waals surface area contributed by atoms with Crippen molar-refractivity contribution in [3.05, 3.63) is 89.7 Å². The molecule has 1 aliphatic rings. The third-order valence-electron chi connectivity index (χ3n) is 6.17. The predicted molar refractivity (Wildman–Crippen MR) is 190 cm³/mol. The third kappa shape index (κ3) is 16.5. The van der Waals surface area contributed by atoms with Gasteiger partial charge in [-0.15, -0.1) is 6.58 Å². The number of pyridine rings is 1. The summed E-state index contributed by atoms with van der Waals surface area (Å²) in [6.07, 6.45) is 14.6. The van der Waals surface area contributed by atoms with Crippen molar-refractivity contribution in [2.24, 2.45) is 0 Å². The van der Waals surface area contributed by atoms with Crippen LogP contribution in [0.5, 0.6) is 0 Å². The van der Waals surface area contributed by atoms with Crippen molar-refractivity contribution in [3.8, 4) is 0 Å². The SMILES string of the molecule is C=CC/C=C(\C=C(/C)NC(=O)CCN(C)C(=O)OC(C)(C)C)NC(=O)c1cnc(NCC2=CC(F)=CC=CC2)cc1NCCC.CC. The van der Waals surface area contributed by atoms with Gasteiger partial charge in [-0.3, -0.25) is 9.59 Å².